The van der Waals surface area contributed by atoms with E-state index in [0.717, 1.165) is 17.2 Å². The zero-order valence-electron chi connectivity index (χ0n) is 9.52. The van der Waals surface area contributed by atoms with Gasteiger partial charge >= 0.3 is 0 Å². The average Bonchev–Trinajstić information content (AvgIpc) is 2.39. The molecule has 0 aromatic heterocycles. The van der Waals surface area contributed by atoms with E-state index in [1.54, 1.807) is 5.41 Å². The van der Waals surface area contributed by atoms with Gasteiger partial charge in [0.15, 0.2) is 0 Å². The van der Waals surface area contributed by atoms with Crippen LogP contribution in [0.4, 0.5) is 0 Å². The molecular formula is C14H19NS. The maximum atomic E-state index is 5.81. The van der Waals surface area contributed by atoms with E-state index in [9.17, 15) is 0 Å². The Hall–Kier alpha value is -0.890. The Balaban J connectivity index is 2.12. The highest BCUT2D eigenvalue weighted by Crippen LogP contribution is 2.32. The molecule has 0 amide bonds. The fourth-order valence-electron chi connectivity index (χ4n) is 2.46. The first kappa shape index (κ1) is 11.6. The highest BCUT2D eigenvalue weighted by atomic mass is 32.1. The largest absolute Gasteiger partial charge is 0.398 e. The number of hydrogen-bond acceptors (Lipinski definition) is 2. The monoisotopic (exact) mass is 233 g/mol. The van der Waals surface area contributed by atoms with Crippen LogP contribution in [0.1, 0.15) is 49.1 Å². The van der Waals surface area contributed by atoms with E-state index in [1.807, 2.05) is 0 Å². The summed E-state index contributed by atoms with van der Waals surface area (Å²) in [6.07, 6.45) is 6.86. The van der Waals surface area contributed by atoms with E-state index in [2.05, 4.69) is 36.9 Å². The van der Waals surface area contributed by atoms with Gasteiger partial charge in [-0.1, -0.05) is 43.5 Å². The van der Waals surface area contributed by atoms with Crippen molar-refractivity contribution in [1.82, 2.24) is 0 Å². The summed E-state index contributed by atoms with van der Waals surface area (Å²) >= 11 is 4.07. The standard InChI is InChI=1S/C14H19NS/c15-14(10-16)13-8-6-12(7-9-13)11-4-2-1-3-5-11/h6-11,16H,1-5,15H2/b14-10-. The van der Waals surface area contributed by atoms with Crippen molar-refractivity contribution in [2.24, 2.45) is 5.73 Å². The molecule has 0 saturated heterocycles. The van der Waals surface area contributed by atoms with Gasteiger partial charge < -0.3 is 5.73 Å². The number of rotatable bonds is 2. The van der Waals surface area contributed by atoms with Gasteiger partial charge in [-0.25, -0.2) is 0 Å². The molecule has 0 spiro atoms. The van der Waals surface area contributed by atoms with Crippen LogP contribution in [0.25, 0.3) is 5.70 Å². The van der Waals surface area contributed by atoms with Crippen LogP contribution in [0.3, 0.4) is 0 Å². The third-order valence-corrected chi connectivity index (χ3v) is 3.74. The molecule has 1 saturated carbocycles. The number of nitrogens with two attached hydrogens (primary N) is 1. The summed E-state index contributed by atoms with van der Waals surface area (Å²) < 4.78 is 0. The summed E-state index contributed by atoms with van der Waals surface area (Å²) in [5.74, 6) is 0.768. The summed E-state index contributed by atoms with van der Waals surface area (Å²) in [6, 6.07) is 8.64. The fraction of sp³-hybridized carbons (Fsp3) is 0.429. The molecule has 1 aliphatic rings. The zero-order chi connectivity index (χ0) is 11.4. The smallest absolute Gasteiger partial charge is 0.0449 e. The van der Waals surface area contributed by atoms with Crippen LogP contribution in [-0.4, -0.2) is 0 Å². The summed E-state index contributed by atoms with van der Waals surface area (Å²) in [5.41, 5.74) is 9.07. The summed E-state index contributed by atoms with van der Waals surface area (Å²) in [5, 5.41) is 1.65. The van der Waals surface area contributed by atoms with Gasteiger partial charge in [0.25, 0.3) is 0 Å². The molecule has 1 aromatic rings. The Labute approximate surface area is 103 Å². The first-order valence-corrected chi connectivity index (χ1v) is 6.53. The van der Waals surface area contributed by atoms with Gasteiger partial charge in [-0.05, 0) is 35.3 Å². The minimum absolute atomic E-state index is 0.735. The quantitative estimate of drug-likeness (QED) is 0.744. The summed E-state index contributed by atoms with van der Waals surface area (Å²) in [7, 11) is 0. The summed E-state index contributed by atoms with van der Waals surface area (Å²) in [4.78, 5) is 0. The van der Waals surface area contributed by atoms with Gasteiger partial charge in [0.2, 0.25) is 0 Å². The van der Waals surface area contributed by atoms with Crippen molar-refractivity contribution >= 4 is 18.3 Å². The Bertz CT molecular complexity index is 361. The zero-order valence-corrected chi connectivity index (χ0v) is 10.4. The van der Waals surface area contributed by atoms with E-state index in [-0.39, 0.29) is 0 Å². The minimum atomic E-state index is 0.735. The van der Waals surface area contributed by atoms with Crippen LogP contribution in [0.5, 0.6) is 0 Å². The second-order valence-corrected chi connectivity index (χ2v) is 4.80. The highest BCUT2D eigenvalue weighted by Gasteiger charge is 2.14. The van der Waals surface area contributed by atoms with E-state index >= 15 is 0 Å². The number of benzene rings is 1. The average molecular weight is 233 g/mol. The maximum absolute atomic E-state index is 5.81. The number of thiol groups is 1. The SMILES string of the molecule is N/C(=C\S)c1ccc(C2CCCCC2)cc1. The topological polar surface area (TPSA) is 26.0 Å². The van der Waals surface area contributed by atoms with Gasteiger partial charge in [0, 0.05) is 5.70 Å². The van der Waals surface area contributed by atoms with Crippen LogP contribution in [0.15, 0.2) is 29.7 Å². The van der Waals surface area contributed by atoms with Gasteiger partial charge in [-0.15, -0.1) is 12.6 Å². The van der Waals surface area contributed by atoms with E-state index in [4.69, 9.17) is 5.73 Å². The lowest BCUT2D eigenvalue weighted by atomic mass is 9.84. The normalized spacial score (nSPS) is 18.7. The molecule has 1 fully saturated rings. The Kier molecular flexibility index (Phi) is 3.94. The Morgan fingerprint density at radius 3 is 2.31 bits per heavy atom. The molecule has 0 aliphatic heterocycles. The maximum Gasteiger partial charge on any atom is 0.0449 e. The molecule has 0 atom stereocenters. The van der Waals surface area contributed by atoms with Crippen LogP contribution >= 0.6 is 12.6 Å². The summed E-state index contributed by atoms with van der Waals surface area (Å²) in [6.45, 7) is 0. The molecule has 2 rings (SSSR count). The van der Waals surface area contributed by atoms with Crippen molar-refractivity contribution in [2.75, 3.05) is 0 Å². The van der Waals surface area contributed by atoms with Crippen LogP contribution in [0, 0.1) is 0 Å². The third kappa shape index (κ3) is 2.62. The molecule has 1 aromatic carbocycles. The molecule has 0 unspecified atom stereocenters. The second kappa shape index (κ2) is 5.44. The minimum Gasteiger partial charge on any atom is -0.398 e. The van der Waals surface area contributed by atoms with Crippen LogP contribution in [0.2, 0.25) is 0 Å². The van der Waals surface area contributed by atoms with Crippen molar-refractivity contribution in [3.63, 3.8) is 0 Å². The van der Waals surface area contributed by atoms with Gasteiger partial charge in [0.05, 0.1) is 0 Å². The molecule has 0 radical (unpaired) electrons. The van der Waals surface area contributed by atoms with Crippen molar-refractivity contribution in [2.45, 2.75) is 38.0 Å². The lowest BCUT2D eigenvalue weighted by Crippen LogP contribution is -2.04. The first-order chi connectivity index (χ1) is 7.81. The van der Waals surface area contributed by atoms with Crippen molar-refractivity contribution in [1.29, 1.82) is 0 Å². The molecule has 86 valence electrons. The van der Waals surface area contributed by atoms with Crippen molar-refractivity contribution in [3.05, 3.63) is 40.8 Å². The van der Waals surface area contributed by atoms with Gasteiger partial charge in [-0.2, -0.15) is 0 Å². The molecule has 2 heteroatoms. The van der Waals surface area contributed by atoms with Crippen molar-refractivity contribution < 1.29 is 0 Å². The molecular weight excluding hydrogens is 214 g/mol. The van der Waals surface area contributed by atoms with E-state index < -0.39 is 0 Å². The predicted molar refractivity (Wildman–Crippen MR) is 73.4 cm³/mol. The predicted octanol–water partition coefficient (Wildman–Crippen LogP) is 3.92. The first-order valence-electron chi connectivity index (χ1n) is 6.01. The van der Waals surface area contributed by atoms with Gasteiger partial charge in [0.1, 0.15) is 0 Å². The van der Waals surface area contributed by atoms with Crippen molar-refractivity contribution in [3.8, 4) is 0 Å². The Morgan fingerprint density at radius 2 is 1.75 bits per heavy atom. The second-order valence-electron chi connectivity index (χ2n) is 4.54. The lowest BCUT2D eigenvalue weighted by molar-refractivity contribution is 0.443. The molecule has 1 nitrogen and oxygen atoms in total. The molecule has 2 N–H and O–H groups in total. The van der Waals surface area contributed by atoms with E-state index in [1.165, 1.54) is 37.7 Å². The Morgan fingerprint density at radius 1 is 1.12 bits per heavy atom. The van der Waals surface area contributed by atoms with Crippen LogP contribution < -0.4 is 5.73 Å². The highest BCUT2D eigenvalue weighted by molar-refractivity contribution is 7.83. The molecule has 16 heavy (non-hydrogen) atoms. The lowest BCUT2D eigenvalue weighted by Gasteiger charge is -2.22. The molecule has 0 bridgehead atoms. The number of hydrogen-bond donors (Lipinski definition) is 2. The fourth-order valence-corrected chi connectivity index (χ4v) is 2.61. The molecule has 1 aliphatic carbocycles. The molecule has 0 heterocycles. The van der Waals surface area contributed by atoms with E-state index in [0.29, 0.717) is 0 Å². The van der Waals surface area contributed by atoms with Crippen LogP contribution in [-0.2, 0) is 0 Å². The third-order valence-electron chi connectivity index (χ3n) is 3.46. The van der Waals surface area contributed by atoms with Gasteiger partial charge in [-0.3, -0.25) is 0 Å².